The Kier molecular flexibility index (Phi) is 5.06. The molecule has 3 aromatic rings. The van der Waals surface area contributed by atoms with Crippen molar-refractivity contribution < 1.29 is 27.4 Å². The van der Waals surface area contributed by atoms with E-state index in [2.05, 4.69) is 20.5 Å². The van der Waals surface area contributed by atoms with Crippen molar-refractivity contribution in [2.24, 2.45) is 0 Å². The van der Waals surface area contributed by atoms with E-state index in [4.69, 9.17) is 9.47 Å². The summed E-state index contributed by atoms with van der Waals surface area (Å²) >= 11 is 0. The number of halogens is 3. The van der Waals surface area contributed by atoms with Crippen LogP contribution < -0.4 is 14.8 Å². The summed E-state index contributed by atoms with van der Waals surface area (Å²) in [6.45, 7) is -0.301. The number of nitrogens with zero attached hydrogens (tertiary/aromatic N) is 2. The Hall–Kier alpha value is -3.56. The topological polar surface area (TPSA) is 89.1 Å². The van der Waals surface area contributed by atoms with Gasteiger partial charge in [-0.05, 0) is 23.8 Å². The van der Waals surface area contributed by atoms with Gasteiger partial charge in [-0.1, -0.05) is 6.07 Å². The maximum Gasteiger partial charge on any atom is 0.418 e. The highest BCUT2D eigenvalue weighted by atomic mass is 19.4. The molecule has 1 aliphatic rings. The molecule has 2 N–H and O–H groups in total. The average Bonchev–Trinajstić information content (AvgIpc) is 3.19. The Bertz CT molecular complexity index is 1080. The van der Waals surface area contributed by atoms with Crippen LogP contribution in [0.2, 0.25) is 0 Å². The molecule has 2 aromatic heterocycles. The van der Waals surface area contributed by atoms with Gasteiger partial charge in [0.2, 0.25) is 5.91 Å². The average molecular weight is 418 g/mol. The summed E-state index contributed by atoms with van der Waals surface area (Å²) in [4.78, 5) is 15.5. The standard InChI is InChI=1S/C20H17F3N4O3/c1-29-17-6-11(13-7-18(28)26-19-14(13)8-25-27-19)2-3-16(17)30-10-12-4-5-24-9-15(12)20(21,22)23/h2-6,8-9,13H,7,10H2,1H3,(H2,25,26,27,28). The molecule has 1 atom stereocenters. The maximum atomic E-state index is 13.1. The van der Waals surface area contributed by atoms with Crippen LogP contribution in [0.4, 0.5) is 19.0 Å². The van der Waals surface area contributed by atoms with Gasteiger partial charge in [0.15, 0.2) is 17.3 Å². The molecule has 10 heteroatoms. The number of benzene rings is 1. The van der Waals surface area contributed by atoms with E-state index >= 15 is 0 Å². The molecule has 0 saturated carbocycles. The lowest BCUT2D eigenvalue weighted by atomic mass is 9.87. The summed E-state index contributed by atoms with van der Waals surface area (Å²) in [6, 6.07) is 6.36. The van der Waals surface area contributed by atoms with E-state index in [1.54, 1.807) is 24.4 Å². The summed E-state index contributed by atoms with van der Waals surface area (Å²) < 4.78 is 50.4. The molecule has 30 heavy (non-hydrogen) atoms. The molecule has 1 aromatic carbocycles. The quantitative estimate of drug-likeness (QED) is 0.656. The Balaban J connectivity index is 1.59. The van der Waals surface area contributed by atoms with E-state index in [0.717, 1.165) is 17.3 Å². The number of H-pyrrole nitrogens is 1. The van der Waals surface area contributed by atoms with Crippen LogP contribution in [0.1, 0.15) is 34.6 Å². The van der Waals surface area contributed by atoms with Crippen LogP contribution in [0.5, 0.6) is 11.5 Å². The summed E-state index contributed by atoms with van der Waals surface area (Å²) in [7, 11) is 1.44. The SMILES string of the molecule is COc1cc(C2CC(=O)Nc3n[nH]cc32)ccc1OCc1ccncc1C(F)(F)F. The first-order chi connectivity index (χ1) is 14.4. The molecule has 0 fully saturated rings. The zero-order valence-corrected chi connectivity index (χ0v) is 15.8. The number of ether oxygens (including phenoxy) is 2. The molecule has 1 amide bonds. The second kappa shape index (κ2) is 7.69. The Morgan fingerprint density at radius 1 is 1.23 bits per heavy atom. The molecular weight excluding hydrogens is 401 g/mol. The number of amides is 1. The minimum atomic E-state index is -4.52. The molecule has 7 nitrogen and oxygen atoms in total. The summed E-state index contributed by atoms with van der Waals surface area (Å²) in [5.74, 6) is 0.738. The summed E-state index contributed by atoms with van der Waals surface area (Å²) in [6.07, 6.45) is -0.508. The Morgan fingerprint density at radius 2 is 2.07 bits per heavy atom. The number of hydrogen-bond acceptors (Lipinski definition) is 5. The fourth-order valence-electron chi connectivity index (χ4n) is 3.42. The highest BCUT2D eigenvalue weighted by Gasteiger charge is 2.34. The van der Waals surface area contributed by atoms with E-state index in [0.29, 0.717) is 17.3 Å². The number of pyridine rings is 1. The van der Waals surface area contributed by atoms with E-state index in [1.165, 1.54) is 19.4 Å². The van der Waals surface area contributed by atoms with Crippen molar-refractivity contribution in [3.63, 3.8) is 0 Å². The first-order valence-corrected chi connectivity index (χ1v) is 9.01. The normalized spacial score (nSPS) is 16.0. The first kappa shape index (κ1) is 19.7. The van der Waals surface area contributed by atoms with Gasteiger partial charge in [-0.15, -0.1) is 0 Å². The van der Waals surface area contributed by atoms with Gasteiger partial charge in [-0.25, -0.2) is 0 Å². The summed E-state index contributed by atoms with van der Waals surface area (Å²) in [5, 5.41) is 9.46. The molecule has 3 heterocycles. The van der Waals surface area contributed by atoms with Crippen molar-refractivity contribution in [2.45, 2.75) is 25.1 Å². The molecule has 0 spiro atoms. The van der Waals surface area contributed by atoms with Crippen LogP contribution in [0.3, 0.4) is 0 Å². The largest absolute Gasteiger partial charge is 0.493 e. The molecule has 156 valence electrons. The number of aromatic amines is 1. The van der Waals surface area contributed by atoms with Gasteiger partial charge in [-0.3, -0.25) is 14.9 Å². The van der Waals surface area contributed by atoms with Crippen molar-refractivity contribution in [3.8, 4) is 11.5 Å². The van der Waals surface area contributed by atoms with Crippen LogP contribution in [0.25, 0.3) is 0 Å². The lowest BCUT2D eigenvalue weighted by molar-refractivity contribution is -0.138. The van der Waals surface area contributed by atoms with Crippen LogP contribution in [0.15, 0.2) is 42.9 Å². The molecule has 4 rings (SSSR count). The van der Waals surface area contributed by atoms with Crippen molar-refractivity contribution in [1.29, 1.82) is 0 Å². The van der Waals surface area contributed by atoms with E-state index in [1.807, 2.05) is 0 Å². The van der Waals surface area contributed by atoms with Gasteiger partial charge in [-0.2, -0.15) is 18.3 Å². The van der Waals surface area contributed by atoms with Crippen LogP contribution in [0, 0.1) is 0 Å². The third-order valence-corrected chi connectivity index (χ3v) is 4.88. The number of nitrogens with one attached hydrogen (secondary N) is 2. The number of carbonyl (C=O) groups is 1. The predicted molar refractivity (Wildman–Crippen MR) is 100 cm³/mol. The van der Waals surface area contributed by atoms with Gasteiger partial charge in [0.1, 0.15) is 6.61 Å². The molecule has 0 bridgehead atoms. The van der Waals surface area contributed by atoms with Crippen molar-refractivity contribution >= 4 is 11.7 Å². The minimum Gasteiger partial charge on any atom is -0.493 e. The van der Waals surface area contributed by atoms with Gasteiger partial charge in [0.05, 0.1) is 12.7 Å². The van der Waals surface area contributed by atoms with Crippen molar-refractivity contribution in [3.05, 3.63) is 65.1 Å². The van der Waals surface area contributed by atoms with Gasteiger partial charge in [0.25, 0.3) is 0 Å². The predicted octanol–water partition coefficient (Wildman–Crippen LogP) is 3.89. The van der Waals surface area contributed by atoms with Crippen molar-refractivity contribution in [1.82, 2.24) is 15.2 Å². The van der Waals surface area contributed by atoms with Crippen molar-refractivity contribution in [2.75, 3.05) is 12.4 Å². The third-order valence-electron chi connectivity index (χ3n) is 4.88. The monoisotopic (exact) mass is 418 g/mol. The van der Waals surface area contributed by atoms with E-state index < -0.39 is 11.7 Å². The molecule has 0 aliphatic carbocycles. The highest BCUT2D eigenvalue weighted by Crippen LogP contribution is 2.39. The maximum absolute atomic E-state index is 13.1. The number of anilines is 1. The first-order valence-electron chi connectivity index (χ1n) is 9.01. The molecule has 0 radical (unpaired) electrons. The molecule has 1 aliphatic heterocycles. The molecular formula is C20H17F3N4O3. The third kappa shape index (κ3) is 3.80. The van der Waals surface area contributed by atoms with Gasteiger partial charge < -0.3 is 14.8 Å². The lowest BCUT2D eigenvalue weighted by Crippen LogP contribution is -2.23. The number of aromatic nitrogens is 3. The van der Waals surface area contributed by atoms with Crippen LogP contribution >= 0.6 is 0 Å². The van der Waals surface area contributed by atoms with Gasteiger partial charge >= 0.3 is 6.18 Å². The smallest absolute Gasteiger partial charge is 0.418 e. The summed E-state index contributed by atoms with van der Waals surface area (Å²) in [5.41, 5.74) is 0.769. The lowest BCUT2D eigenvalue weighted by Gasteiger charge is -2.23. The Labute approximate surface area is 169 Å². The van der Waals surface area contributed by atoms with E-state index in [-0.39, 0.29) is 30.4 Å². The number of fused-ring (bicyclic) bond motifs is 1. The number of hydrogen-bond donors (Lipinski definition) is 2. The fraction of sp³-hybridized carbons (Fsp3) is 0.250. The van der Waals surface area contributed by atoms with E-state index in [9.17, 15) is 18.0 Å². The molecule has 0 saturated heterocycles. The van der Waals surface area contributed by atoms with Crippen LogP contribution in [-0.2, 0) is 17.6 Å². The number of methoxy groups -OCH3 is 1. The number of carbonyl (C=O) groups excluding carboxylic acids is 1. The second-order valence-electron chi connectivity index (χ2n) is 6.72. The highest BCUT2D eigenvalue weighted by molar-refractivity contribution is 5.94. The molecule has 1 unspecified atom stereocenters. The number of rotatable bonds is 5. The van der Waals surface area contributed by atoms with Crippen LogP contribution in [-0.4, -0.2) is 28.2 Å². The fourth-order valence-corrected chi connectivity index (χ4v) is 3.42. The number of alkyl halides is 3. The van der Waals surface area contributed by atoms with Gasteiger partial charge in [0, 0.05) is 42.1 Å². The zero-order valence-electron chi connectivity index (χ0n) is 15.8. The second-order valence-corrected chi connectivity index (χ2v) is 6.72. The zero-order chi connectivity index (χ0) is 21.3. The Morgan fingerprint density at radius 3 is 2.83 bits per heavy atom. The minimum absolute atomic E-state index is 0.0318.